The van der Waals surface area contributed by atoms with Gasteiger partial charge in [0.05, 0.1) is 5.39 Å². The van der Waals surface area contributed by atoms with E-state index in [2.05, 4.69) is 0 Å². The average Bonchev–Trinajstić information content (AvgIpc) is 3.15. The van der Waals surface area contributed by atoms with Crippen LogP contribution < -0.4 is 5.56 Å². The molecule has 5 nitrogen and oxygen atoms in total. The van der Waals surface area contributed by atoms with E-state index in [-0.39, 0.29) is 18.0 Å². The minimum atomic E-state index is -0.0544. The van der Waals surface area contributed by atoms with Gasteiger partial charge in [0.1, 0.15) is 17.2 Å². The molecule has 1 aromatic carbocycles. The third-order valence-corrected chi connectivity index (χ3v) is 7.54. The maximum absolute atomic E-state index is 13.7. The molecule has 30 heavy (non-hydrogen) atoms. The Bertz CT molecular complexity index is 1170. The van der Waals surface area contributed by atoms with Gasteiger partial charge >= 0.3 is 0 Å². The molecule has 1 amide bonds. The summed E-state index contributed by atoms with van der Waals surface area (Å²) in [4.78, 5) is 35.8. The molecule has 1 aliphatic carbocycles. The van der Waals surface area contributed by atoms with Crippen molar-refractivity contribution in [3.8, 4) is 11.4 Å². The highest BCUT2D eigenvalue weighted by molar-refractivity contribution is 7.18. The third kappa shape index (κ3) is 3.47. The zero-order valence-corrected chi connectivity index (χ0v) is 18.3. The summed E-state index contributed by atoms with van der Waals surface area (Å²) in [5.74, 6) is 0.635. The van der Waals surface area contributed by atoms with Gasteiger partial charge in [0.15, 0.2) is 0 Å². The van der Waals surface area contributed by atoms with Crippen LogP contribution in [0.1, 0.15) is 48.1 Å². The largest absolute Gasteiger partial charge is 0.341 e. The normalized spacial score (nSPS) is 16.6. The Hall–Kier alpha value is -2.47. The first kappa shape index (κ1) is 19.5. The predicted molar refractivity (Wildman–Crippen MR) is 121 cm³/mol. The van der Waals surface area contributed by atoms with Gasteiger partial charge in [-0.3, -0.25) is 14.2 Å². The topological polar surface area (TPSA) is 55.2 Å². The summed E-state index contributed by atoms with van der Waals surface area (Å²) < 4.78 is 1.63. The van der Waals surface area contributed by atoms with Gasteiger partial charge in [-0.15, -0.1) is 11.3 Å². The predicted octanol–water partition coefficient (Wildman–Crippen LogP) is 4.32. The summed E-state index contributed by atoms with van der Waals surface area (Å²) in [7, 11) is 0. The van der Waals surface area contributed by atoms with Crippen molar-refractivity contribution < 1.29 is 4.79 Å². The zero-order valence-electron chi connectivity index (χ0n) is 17.4. The smallest absolute Gasteiger partial charge is 0.263 e. The first-order valence-electron chi connectivity index (χ1n) is 11.0. The first-order valence-corrected chi connectivity index (χ1v) is 11.8. The summed E-state index contributed by atoms with van der Waals surface area (Å²) in [5.41, 5.74) is 3.13. The van der Waals surface area contributed by atoms with Crippen LogP contribution >= 0.6 is 11.3 Å². The Balaban J connectivity index is 1.67. The monoisotopic (exact) mass is 421 g/mol. The van der Waals surface area contributed by atoms with Gasteiger partial charge in [0.25, 0.3) is 5.56 Å². The van der Waals surface area contributed by atoms with E-state index >= 15 is 0 Å². The minimum Gasteiger partial charge on any atom is -0.341 e. The van der Waals surface area contributed by atoms with Crippen molar-refractivity contribution in [3.63, 3.8) is 0 Å². The van der Waals surface area contributed by atoms with Crippen LogP contribution in [0.4, 0.5) is 0 Å². The molecule has 2 aromatic heterocycles. The molecular formula is C24H27N3O2S. The van der Waals surface area contributed by atoms with Crippen molar-refractivity contribution in [3.05, 3.63) is 50.6 Å². The molecule has 1 saturated heterocycles. The number of rotatable bonds is 3. The molecule has 1 aliphatic heterocycles. The zero-order chi connectivity index (χ0) is 20.7. The number of carbonyl (C=O) groups excluding carboxylic acids is 1. The van der Waals surface area contributed by atoms with Crippen LogP contribution in [0.2, 0.25) is 0 Å². The summed E-state index contributed by atoms with van der Waals surface area (Å²) in [6, 6.07) is 8.05. The molecule has 2 aliphatic rings. The van der Waals surface area contributed by atoms with E-state index in [1.54, 1.807) is 15.9 Å². The number of aryl methyl sites for hydroxylation is 3. The molecule has 3 aromatic rings. The highest BCUT2D eigenvalue weighted by Crippen LogP contribution is 2.35. The lowest BCUT2D eigenvalue weighted by Gasteiger charge is -2.27. The SMILES string of the molecule is Cc1cccc(-c2nc3sc4c(c3c(=O)n2CC(=O)N2CCCCC2)CCCC4)c1. The van der Waals surface area contributed by atoms with Crippen LogP contribution in [0.15, 0.2) is 29.1 Å². The van der Waals surface area contributed by atoms with Crippen LogP contribution in [0.5, 0.6) is 0 Å². The molecule has 0 radical (unpaired) electrons. The van der Waals surface area contributed by atoms with Crippen molar-refractivity contribution in [2.75, 3.05) is 13.1 Å². The molecule has 0 bridgehead atoms. The number of benzene rings is 1. The summed E-state index contributed by atoms with van der Waals surface area (Å²) >= 11 is 1.66. The highest BCUT2D eigenvalue weighted by Gasteiger charge is 2.25. The van der Waals surface area contributed by atoms with E-state index in [1.165, 1.54) is 23.3 Å². The quantitative estimate of drug-likeness (QED) is 0.633. The van der Waals surface area contributed by atoms with Crippen LogP contribution in [0.25, 0.3) is 21.6 Å². The number of aromatic nitrogens is 2. The molecule has 156 valence electrons. The van der Waals surface area contributed by atoms with E-state index in [9.17, 15) is 9.59 Å². The van der Waals surface area contributed by atoms with Crippen molar-refractivity contribution in [1.82, 2.24) is 14.5 Å². The van der Waals surface area contributed by atoms with Crippen molar-refractivity contribution >= 4 is 27.5 Å². The average molecular weight is 422 g/mol. The minimum absolute atomic E-state index is 0.0240. The molecule has 0 saturated carbocycles. The Morgan fingerprint density at radius 2 is 1.90 bits per heavy atom. The van der Waals surface area contributed by atoms with Crippen molar-refractivity contribution in [2.24, 2.45) is 0 Å². The van der Waals surface area contributed by atoms with Gasteiger partial charge in [0, 0.05) is 23.5 Å². The molecule has 0 spiro atoms. The molecule has 1 fully saturated rings. The standard InChI is InChI=1S/C24H27N3O2S/c1-16-8-7-9-17(14-16)22-25-23-21(18-10-3-4-11-19(18)30-23)24(29)27(22)15-20(28)26-12-5-2-6-13-26/h7-9,14H,2-6,10-13,15H2,1H3. The maximum atomic E-state index is 13.7. The van der Waals surface area contributed by atoms with E-state index in [0.29, 0.717) is 5.82 Å². The van der Waals surface area contributed by atoms with Gasteiger partial charge in [-0.05, 0) is 63.5 Å². The van der Waals surface area contributed by atoms with E-state index in [1.807, 2.05) is 36.1 Å². The number of fused-ring (bicyclic) bond motifs is 3. The van der Waals surface area contributed by atoms with Crippen LogP contribution in [0, 0.1) is 6.92 Å². The number of hydrogen-bond acceptors (Lipinski definition) is 4. The number of likely N-dealkylation sites (tertiary alicyclic amines) is 1. The number of piperidine rings is 1. The van der Waals surface area contributed by atoms with Gasteiger partial charge in [0.2, 0.25) is 5.91 Å². The Morgan fingerprint density at radius 3 is 2.70 bits per heavy atom. The Morgan fingerprint density at radius 1 is 1.10 bits per heavy atom. The highest BCUT2D eigenvalue weighted by atomic mass is 32.1. The lowest BCUT2D eigenvalue weighted by atomic mass is 9.97. The van der Waals surface area contributed by atoms with E-state index in [4.69, 9.17) is 4.98 Å². The molecule has 6 heteroatoms. The number of hydrogen-bond donors (Lipinski definition) is 0. The molecule has 0 unspecified atom stereocenters. The lowest BCUT2D eigenvalue weighted by Crippen LogP contribution is -2.40. The van der Waals surface area contributed by atoms with Gasteiger partial charge in [-0.1, -0.05) is 23.8 Å². The summed E-state index contributed by atoms with van der Waals surface area (Å²) in [6.45, 7) is 3.68. The van der Waals surface area contributed by atoms with Crippen molar-refractivity contribution in [1.29, 1.82) is 0 Å². The second-order valence-corrected chi connectivity index (χ2v) is 9.61. The Labute approximate surface area is 180 Å². The van der Waals surface area contributed by atoms with Crippen molar-refractivity contribution in [2.45, 2.75) is 58.4 Å². The van der Waals surface area contributed by atoms with E-state index in [0.717, 1.165) is 66.5 Å². The fraction of sp³-hybridized carbons (Fsp3) is 0.458. The van der Waals surface area contributed by atoms with Gasteiger partial charge < -0.3 is 4.90 Å². The summed E-state index contributed by atoms with van der Waals surface area (Å²) in [5, 5.41) is 0.748. The van der Waals surface area contributed by atoms with Crippen LogP contribution in [-0.2, 0) is 24.2 Å². The second kappa shape index (κ2) is 7.99. The molecule has 3 heterocycles. The molecule has 0 atom stereocenters. The van der Waals surface area contributed by atoms with Crippen LogP contribution in [-0.4, -0.2) is 33.4 Å². The third-order valence-electron chi connectivity index (χ3n) is 6.35. The second-order valence-electron chi connectivity index (χ2n) is 8.53. The molecule has 0 N–H and O–H groups in total. The molecular weight excluding hydrogens is 394 g/mol. The summed E-state index contributed by atoms with van der Waals surface area (Å²) in [6.07, 6.45) is 7.52. The number of thiophene rings is 1. The molecule has 5 rings (SSSR count). The fourth-order valence-electron chi connectivity index (χ4n) is 4.77. The first-order chi connectivity index (χ1) is 14.6. The number of amides is 1. The number of nitrogens with zero attached hydrogens (tertiary/aromatic N) is 3. The van der Waals surface area contributed by atoms with E-state index < -0.39 is 0 Å². The van der Waals surface area contributed by atoms with Gasteiger partial charge in [-0.2, -0.15) is 0 Å². The number of carbonyl (C=O) groups is 1. The maximum Gasteiger partial charge on any atom is 0.263 e. The van der Waals surface area contributed by atoms with Crippen LogP contribution in [0.3, 0.4) is 0 Å². The lowest BCUT2D eigenvalue weighted by molar-refractivity contribution is -0.132. The fourth-order valence-corrected chi connectivity index (χ4v) is 6.02. The van der Waals surface area contributed by atoms with Gasteiger partial charge in [-0.25, -0.2) is 4.98 Å². The Kier molecular flexibility index (Phi) is 5.19.